The minimum atomic E-state index is -0.981. The molecule has 1 rings (SSSR count). The van der Waals surface area contributed by atoms with E-state index in [1.54, 1.807) is 6.07 Å². The minimum Gasteiger partial charge on any atom is -0.480 e. The van der Waals surface area contributed by atoms with Gasteiger partial charge in [-0.3, -0.25) is 4.79 Å². The van der Waals surface area contributed by atoms with Gasteiger partial charge in [0.1, 0.15) is 6.04 Å². The van der Waals surface area contributed by atoms with Crippen LogP contribution in [0.1, 0.15) is 39.9 Å². The predicted molar refractivity (Wildman–Crippen MR) is 67.6 cm³/mol. The number of carboxylic acid groups (broad SMARTS) is 1. The number of carbonyl (C=O) groups is 2. The number of carbonyl (C=O) groups excluding carboxylic acids is 1. The molecule has 1 aromatic rings. The van der Waals surface area contributed by atoms with Crippen molar-refractivity contribution in [3.05, 3.63) is 21.4 Å². The van der Waals surface area contributed by atoms with Crippen molar-refractivity contribution in [2.75, 3.05) is 0 Å². The zero-order chi connectivity index (χ0) is 13.0. The third-order valence-corrected chi connectivity index (χ3v) is 3.72. The largest absolute Gasteiger partial charge is 0.480 e. The Hall–Kier alpha value is -1.36. The molecule has 0 bridgehead atoms. The van der Waals surface area contributed by atoms with Gasteiger partial charge in [-0.1, -0.05) is 13.3 Å². The maximum Gasteiger partial charge on any atom is 0.326 e. The summed E-state index contributed by atoms with van der Waals surface area (Å²) < 4.78 is 0. The molecule has 5 heteroatoms. The van der Waals surface area contributed by atoms with Crippen molar-refractivity contribution in [2.24, 2.45) is 0 Å². The van der Waals surface area contributed by atoms with Crippen LogP contribution >= 0.6 is 11.3 Å². The highest BCUT2D eigenvalue weighted by molar-refractivity contribution is 7.14. The number of thiophene rings is 1. The lowest BCUT2D eigenvalue weighted by molar-refractivity contribution is -0.139. The molecule has 0 saturated heterocycles. The minimum absolute atomic E-state index is 0.299. The number of nitrogens with one attached hydrogen (secondary N) is 1. The molecule has 0 aliphatic heterocycles. The van der Waals surface area contributed by atoms with Crippen LogP contribution in [0.3, 0.4) is 0 Å². The third kappa shape index (κ3) is 3.56. The first-order valence-electron chi connectivity index (χ1n) is 5.56. The molecule has 0 aromatic carbocycles. The van der Waals surface area contributed by atoms with Crippen LogP contribution in [-0.2, 0) is 4.79 Å². The fourth-order valence-corrected chi connectivity index (χ4v) is 2.40. The maximum absolute atomic E-state index is 11.8. The topological polar surface area (TPSA) is 66.4 Å². The Bertz CT molecular complexity index is 406. The summed E-state index contributed by atoms with van der Waals surface area (Å²) in [5, 5.41) is 11.5. The number of aryl methyl sites for hydroxylation is 2. The summed E-state index contributed by atoms with van der Waals surface area (Å²) in [6.45, 7) is 5.77. The van der Waals surface area contributed by atoms with E-state index in [-0.39, 0.29) is 5.91 Å². The van der Waals surface area contributed by atoms with Gasteiger partial charge in [0.05, 0.1) is 4.88 Å². The Morgan fingerprint density at radius 1 is 1.47 bits per heavy atom. The fourth-order valence-electron chi connectivity index (χ4n) is 1.46. The Morgan fingerprint density at radius 2 is 2.12 bits per heavy atom. The zero-order valence-corrected chi connectivity index (χ0v) is 11.1. The summed E-state index contributed by atoms with van der Waals surface area (Å²) in [5.74, 6) is -1.28. The van der Waals surface area contributed by atoms with Crippen molar-refractivity contribution in [3.8, 4) is 0 Å². The highest BCUT2D eigenvalue weighted by atomic mass is 32.1. The quantitative estimate of drug-likeness (QED) is 0.848. The fraction of sp³-hybridized carbons (Fsp3) is 0.500. The van der Waals surface area contributed by atoms with Gasteiger partial charge >= 0.3 is 5.97 Å². The summed E-state index contributed by atoms with van der Waals surface area (Å²) >= 11 is 1.39. The van der Waals surface area contributed by atoms with Crippen molar-refractivity contribution in [1.29, 1.82) is 0 Å². The van der Waals surface area contributed by atoms with Crippen LogP contribution in [0.2, 0.25) is 0 Å². The molecule has 1 aromatic heterocycles. The molecule has 0 aliphatic carbocycles. The highest BCUT2D eigenvalue weighted by Gasteiger charge is 2.20. The molecule has 4 nitrogen and oxygen atoms in total. The summed E-state index contributed by atoms with van der Waals surface area (Å²) in [6, 6.07) is 0.996. The highest BCUT2D eigenvalue weighted by Crippen LogP contribution is 2.20. The molecule has 0 unspecified atom stereocenters. The first-order chi connectivity index (χ1) is 7.95. The first kappa shape index (κ1) is 13.7. The standard InChI is InChI=1S/C12H17NO3S/c1-4-5-9(12(15)16)13-11(14)10-6-7(2)8(3)17-10/h6,9H,4-5H2,1-3H3,(H,13,14)(H,15,16)/t9-/m0/s1. The number of amides is 1. The van der Waals surface area contributed by atoms with Crippen LogP contribution in [-0.4, -0.2) is 23.0 Å². The van der Waals surface area contributed by atoms with E-state index < -0.39 is 12.0 Å². The van der Waals surface area contributed by atoms with Crippen molar-refractivity contribution < 1.29 is 14.7 Å². The number of hydrogen-bond acceptors (Lipinski definition) is 3. The van der Waals surface area contributed by atoms with Crippen molar-refractivity contribution in [2.45, 2.75) is 39.7 Å². The molecular weight excluding hydrogens is 238 g/mol. The Balaban J connectivity index is 2.73. The van der Waals surface area contributed by atoms with Gasteiger partial charge in [-0.2, -0.15) is 0 Å². The Morgan fingerprint density at radius 3 is 2.53 bits per heavy atom. The van der Waals surface area contributed by atoms with Gasteiger partial charge in [0, 0.05) is 4.88 Å². The molecule has 0 spiro atoms. The first-order valence-corrected chi connectivity index (χ1v) is 6.38. The number of rotatable bonds is 5. The molecule has 0 radical (unpaired) electrons. The molecule has 1 heterocycles. The van der Waals surface area contributed by atoms with Crippen LogP contribution in [0.4, 0.5) is 0 Å². The van der Waals surface area contributed by atoms with E-state index in [0.717, 1.165) is 16.9 Å². The molecule has 2 N–H and O–H groups in total. The van der Waals surface area contributed by atoms with Crippen LogP contribution in [0.15, 0.2) is 6.07 Å². The van der Waals surface area contributed by atoms with E-state index in [1.807, 2.05) is 20.8 Å². The molecule has 0 saturated carbocycles. The summed E-state index contributed by atoms with van der Waals surface area (Å²) in [5.41, 5.74) is 1.06. The summed E-state index contributed by atoms with van der Waals surface area (Å²) in [4.78, 5) is 24.4. The number of hydrogen-bond donors (Lipinski definition) is 2. The Kier molecular flexibility index (Phi) is 4.69. The molecule has 17 heavy (non-hydrogen) atoms. The molecule has 94 valence electrons. The monoisotopic (exact) mass is 255 g/mol. The zero-order valence-electron chi connectivity index (χ0n) is 10.2. The van der Waals surface area contributed by atoms with Crippen molar-refractivity contribution in [1.82, 2.24) is 5.32 Å². The van der Waals surface area contributed by atoms with Crippen molar-refractivity contribution >= 4 is 23.2 Å². The van der Waals surface area contributed by atoms with Gasteiger partial charge in [-0.25, -0.2) is 4.79 Å². The molecule has 0 aliphatic rings. The van der Waals surface area contributed by atoms with E-state index in [0.29, 0.717) is 11.3 Å². The summed E-state index contributed by atoms with van der Waals surface area (Å²) in [6.07, 6.45) is 1.17. The van der Waals surface area contributed by atoms with Crippen LogP contribution < -0.4 is 5.32 Å². The second kappa shape index (κ2) is 5.82. The summed E-state index contributed by atoms with van der Waals surface area (Å²) in [7, 11) is 0. The van der Waals surface area contributed by atoms with E-state index in [9.17, 15) is 9.59 Å². The SMILES string of the molecule is CCC[C@H](NC(=O)c1cc(C)c(C)s1)C(=O)O. The molecule has 1 atom stereocenters. The van der Waals surface area contributed by atoms with Gasteiger partial charge in [-0.05, 0) is 31.9 Å². The van der Waals surface area contributed by atoms with E-state index in [4.69, 9.17) is 5.11 Å². The smallest absolute Gasteiger partial charge is 0.326 e. The second-order valence-electron chi connectivity index (χ2n) is 4.00. The lowest BCUT2D eigenvalue weighted by Crippen LogP contribution is -2.40. The van der Waals surface area contributed by atoms with Gasteiger partial charge < -0.3 is 10.4 Å². The van der Waals surface area contributed by atoms with E-state index in [1.165, 1.54) is 11.3 Å². The average molecular weight is 255 g/mol. The number of aliphatic carboxylic acids is 1. The average Bonchev–Trinajstić information content (AvgIpc) is 2.58. The van der Waals surface area contributed by atoms with E-state index >= 15 is 0 Å². The van der Waals surface area contributed by atoms with Gasteiger partial charge in [-0.15, -0.1) is 11.3 Å². The van der Waals surface area contributed by atoms with Crippen molar-refractivity contribution in [3.63, 3.8) is 0 Å². The lowest BCUT2D eigenvalue weighted by Gasteiger charge is -2.12. The second-order valence-corrected chi connectivity index (χ2v) is 5.26. The normalized spacial score (nSPS) is 12.2. The maximum atomic E-state index is 11.8. The van der Waals surface area contributed by atoms with E-state index in [2.05, 4.69) is 5.32 Å². The molecule has 0 fully saturated rings. The van der Waals surface area contributed by atoms with Crippen LogP contribution in [0.5, 0.6) is 0 Å². The van der Waals surface area contributed by atoms with Gasteiger partial charge in [0.25, 0.3) is 5.91 Å². The third-order valence-electron chi connectivity index (χ3n) is 2.57. The molecule has 1 amide bonds. The van der Waals surface area contributed by atoms with Gasteiger partial charge in [0.15, 0.2) is 0 Å². The Labute approximate surface area is 105 Å². The number of carboxylic acids is 1. The van der Waals surface area contributed by atoms with Gasteiger partial charge in [0.2, 0.25) is 0 Å². The van der Waals surface area contributed by atoms with Crippen LogP contribution in [0.25, 0.3) is 0 Å². The lowest BCUT2D eigenvalue weighted by atomic mass is 10.1. The van der Waals surface area contributed by atoms with Crippen LogP contribution in [0, 0.1) is 13.8 Å². The molecular formula is C12H17NO3S. The predicted octanol–water partition coefficient (Wildman–Crippen LogP) is 2.35.